The number of ether oxygens (including phenoxy) is 1. The quantitative estimate of drug-likeness (QED) is 0.745. The van der Waals surface area contributed by atoms with Gasteiger partial charge in [0.05, 0.1) is 18.2 Å². The van der Waals surface area contributed by atoms with E-state index >= 15 is 0 Å². The second kappa shape index (κ2) is 5.81. The summed E-state index contributed by atoms with van der Waals surface area (Å²) >= 11 is 0. The van der Waals surface area contributed by atoms with E-state index in [0.717, 1.165) is 16.8 Å². The van der Waals surface area contributed by atoms with Crippen molar-refractivity contribution in [2.45, 2.75) is 0 Å². The highest BCUT2D eigenvalue weighted by Gasteiger charge is 2.07. The van der Waals surface area contributed by atoms with Crippen molar-refractivity contribution in [3.63, 3.8) is 0 Å². The Morgan fingerprint density at radius 1 is 1.18 bits per heavy atom. The lowest BCUT2D eigenvalue weighted by Crippen LogP contribution is -2.02. The highest BCUT2D eigenvalue weighted by molar-refractivity contribution is 5.94. The lowest BCUT2D eigenvalue weighted by Gasteiger charge is -2.10. The largest absolute Gasteiger partial charge is 0.465 e. The Balaban J connectivity index is 1.98. The number of aromatic nitrogens is 1. The van der Waals surface area contributed by atoms with Gasteiger partial charge in [-0.3, -0.25) is 4.98 Å². The van der Waals surface area contributed by atoms with Crippen LogP contribution >= 0.6 is 0 Å². The number of carbonyl (C=O) groups excluding carboxylic acids is 1. The third kappa shape index (κ3) is 2.74. The first kappa shape index (κ1) is 14.0. The molecule has 1 aromatic heterocycles. The molecule has 3 rings (SSSR count). The Labute approximate surface area is 126 Å². The molecule has 2 aromatic carbocycles. The molecule has 0 spiro atoms. The van der Waals surface area contributed by atoms with Crippen molar-refractivity contribution in [3.8, 4) is 0 Å². The summed E-state index contributed by atoms with van der Waals surface area (Å²) in [6.07, 6.45) is 1.61. The van der Waals surface area contributed by atoms with Crippen LogP contribution in [0.15, 0.2) is 54.7 Å². The van der Waals surface area contributed by atoms with Gasteiger partial charge < -0.3 is 10.1 Å². The minimum atomic E-state index is -0.398. The average molecular weight is 296 g/mol. The molecule has 4 nitrogen and oxygen atoms in total. The molecule has 5 heteroatoms. The van der Waals surface area contributed by atoms with Gasteiger partial charge in [-0.25, -0.2) is 9.18 Å². The molecule has 22 heavy (non-hydrogen) atoms. The number of rotatable bonds is 3. The molecule has 0 saturated carbocycles. The van der Waals surface area contributed by atoms with E-state index < -0.39 is 5.97 Å². The second-order valence-electron chi connectivity index (χ2n) is 4.72. The third-order valence-electron chi connectivity index (χ3n) is 3.27. The monoisotopic (exact) mass is 296 g/mol. The van der Waals surface area contributed by atoms with E-state index in [4.69, 9.17) is 4.74 Å². The van der Waals surface area contributed by atoms with Crippen LogP contribution in [-0.2, 0) is 4.74 Å². The van der Waals surface area contributed by atoms with E-state index in [1.165, 1.54) is 19.2 Å². The van der Waals surface area contributed by atoms with Gasteiger partial charge in [0.15, 0.2) is 0 Å². The summed E-state index contributed by atoms with van der Waals surface area (Å²) in [5.41, 5.74) is 2.54. The first-order valence-corrected chi connectivity index (χ1v) is 6.67. The molecule has 0 unspecified atom stereocenters. The third-order valence-corrected chi connectivity index (χ3v) is 3.27. The number of hydrogen-bond donors (Lipinski definition) is 1. The van der Waals surface area contributed by atoms with Crippen LogP contribution in [0.2, 0.25) is 0 Å². The van der Waals surface area contributed by atoms with E-state index in [-0.39, 0.29) is 5.82 Å². The number of benzene rings is 2. The number of hydrogen-bond acceptors (Lipinski definition) is 4. The molecule has 1 N–H and O–H groups in total. The normalized spacial score (nSPS) is 10.5. The van der Waals surface area contributed by atoms with Crippen LogP contribution in [0.25, 0.3) is 10.9 Å². The topological polar surface area (TPSA) is 51.2 Å². The maximum absolute atomic E-state index is 13.3. The summed E-state index contributed by atoms with van der Waals surface area (Å²) in [6.45, 7) is 0. The van der Waals surface area contributed by atoms with Crippen LogP contribution in [0.4, 0.5) is 15.8 Å². The van der Waals surface area contributed by atoms with E-state index in [2.05, 4.69) is 10.3 Å². The van der Waals surface area contributed by atoms with Gasteiger partial charge in [0.25, 0.3) is 0 Å². The van der Waals surface area contributed by atoms with E-state index in [1.807, 2.05) is 6.07 Å². The fraction of sp³-hybridized carbons (Fsp3) is 0.0588. The molecule has 0 bridgehead atoms. The van der Waals surface area contributed by atoms with Gasteiger partial charge in [0.2, 0.25) is 0 Å². The fourth-order valence-corrected chi connectivity index (χ4v) is 2.23. The summed E-state index contributed by atoms with van der Waals surface area (Å²) in [6, 6.07) is 13.2. The molecular formula is C17H13FN2O2. The fourth-order valence-electron chi connectivity index (χ4n) is 2.23. The van der Waals surface area contributed by atoms with Crippen molar-refractivity contribution in [2.24, 2.45) is 0 Å². The van der Waals surface area contributed by atoms with Gasteiger partial charge in [-0.05, 0) is 36.4 Å². The molecule has 1 heterocycles. The molecule has 0 atom stereocenters. The highest BCUT2D eigenvalue weighted by Crippen LogP contribution is 2.26. The van der Waals surface area contributed by atoms with Crippen LogP contribution in [0.5, 0.6) is 0 Å². The molecule has 0 aliphatic heterocycles. The van der Waals surface area contributed by atoms with E-state index in [1.54, 1.807) is 36.5 Å². The van der Waals surface area contributed by atoms with Gasteiger partial charge in [-0.2, -0.15) is 0 Å². The van der Waals surface area contributed by atoms with Gasteiger partial charge in [0, 0.05) is 29.0 Å². The zero-order valence-corrected chi connectivity index (χ0v) is 11.8. The van der Waals surface area contributed by atoms with E-state index in [0.29, 0.717) is 11.1 Å². The molecular weight excluding hydrogens is 283 g/mol. The van der Waals surface area contributed by atoms with Crippen LogP contribution in [0.3, 0.4) is 0 Å². The standard InChI is InChI=1S/C17H13FN2O2/c1-22-17(21)11-3-2-4-13(9-11)20-15-7-8-19-16-10-12(18)5-6-14(15)16/h2-10H,1H3,(H,19,20). The number of pyridine rings is 1. The Kier molecular flexibility index (Phi) is 3.70. The zero-order valence-electron chi connectivity index (χ0n) is 11.8. The van der Waals surface area contributed by atoms with Crippen molar-refractivity contribution in [1.29, 1.82) is 0 Å². The maximum atomic E-state index is 13.3. The SMILES string of the molecule is COC(=O)c1cccc(Nc2ccnc3cc(F)ccc23)c1. The van der Waals surface area contributed by atoms with Crippen LogP contribution < -0.4 is 5.32 Å². The smallest absolute Gasteiger partial charge is 0.337 e. The number of methoxy groups -OCH3 is 1. The second-order valence-corrected chi connectivity index (χ2v) is 4.72. The lowest BCUT2D eigenvalue weighted by molar-refractivity contribution is 0.0601. The first-order valence-electron chi connectivity index (χ1n) is 6.67. The van der Waals surface area contributed by atoms with Gasteiger partial charge in [0.1, 0.15) is 5.82 Å². The van der Waals surface area contributed by atoms with Gasteiger partial charge in [-0.15, -0.1) is 0 Å². The molecule has 0 aliphatic carbocycles. The number of carbonyl (C=O) groups is 1. The number of fused-ring (bicyclic) bond motifs is 1. The lowest BCUT2D eigenvalue weighted by atomic mass is 10.1. The highest BCUT2D eigenvalue weighted by atomic mass is 19.1. The van der Waals surface area contributed by atoms with Crippen LogP contribution in [0.1, 0.15) is 10.4 Å². The van der Waals surface area contributed by atoms with Crippen molar-refractivity contribution in [1.82, 2.24) is 4.98 Å². The summed E-state index contributed by atoms with van der Waals surface area (Å²) in [7, 11) is 1.34. The summed E-state index contributed by atoms with van der Waals surface area (Å²) in [5.74, 6) is -0.727. The van der Waals surface area contributed by atoms with Crippen molar-refractivity contribution >= 4 is 28.2 Å². The molecule has 3 aromatic rings. The molecule has 0 aliphatic rings. The van der Waals surface area contributed by atoms with Crippen molar-refractivity contribution < 1.29 is 13.9 Å². The first-order chi connectivity index (χ1) is 10.7. The summed E-state index contributed by atoms with van der Waals surface area (Å²) in [5, 5.41) is 4.01. The van der Waals surface area contributed by atoms with Crippen LogP contribution in [0, 0.1) is 5.82 Å². The number of anilines is 2. The number of nitrogens with zero attached hydrogens (tertiary/aromatic N) is 1. The summed E-state index contributed by atoms with van der Waals surface area (Å²) < 4.78 is 18.0. The number of halogens is 1. The molecule has 0 radical (unpaired) electrons. The summed E-state index contributed by atoms with van der Waals surface area (Å²) in [4.78, 5) is 15.7. The van der Waals surface area contributed by atoms with Crippen molar-refractivity contribution in [2.75, 3.05) is 12.4 Å². The number of esters is 1. The predicted molar refractivity (Wildman–Crippen MR) is 82.8 cm³/mol. The molecule has 0 amide bonds. The minimum Gasteiger partial charge on any atom is -0.465 e. The van der Waals surface area contributed by atoms with Gasteiger partial charge >= 0.3 is 5.97 Å². The average Bonchev–Trinajstić information content (AvgIpc) is 2.54. The minimum absolute atomic E-state index is 0.329. The Hall–Kier alpha value is -2.95. The van der Waals surface area contributed by atoms with Gasteiger partial charge in [-0.1, -0.05) is 6.07 Å². The molecule has 110 valence electrons. The molecule has 0 saturated heterocycles. The Morgan fingerprint density at radius 2 is 2.05 bits per heavy atom. The predicted octanol–water partition coefficient (Wildman–Crippen LogP) is 3.90. The van der Waals surface area contributed by atoms with E-state index in [9.17, 15) is 9.18 Å². The zero-order chi connectivity index (χ0) is 15.5. The Morgan fingerprint density at radius 3 is 2.86 bits per heavy atom. The maximum Gasteiger partial charge on any atom is 0.337 e. The number of nitrogens with one attached hydrogen (secondary N) is 1. The molecule has 0 fully saturated rings. The Bertz CT molecular complexity index is 849. The van der Waals surface area contributed by atoms with Crippen molar-refractivity contribution in [3.05, 3.63) is 66.1 Å². The van der Waals surface area contributed by atoms with Crippen LogP contribution in [-0.4, -0.2) is 18.1 Å².